The summed E-state index contributed by atoms with van der Waals surface area (Å²) in [6, 6.07) is 0. The Morgan fingerprint density at radius 2 is 2.50 bits per heavy atom. The summed E-state index contributed by atoms with van der Waals surface area (Å²) in [5.41, 5.74) is 3.55. The Kier molecular flexibility index (Phi) is 1.15. The van der Waals surface area contributed by atoms with Crippen LogP contribution < -0.4 is 5.53 Å². The summed E-state index contributed by atoms with van der Waals surface area (Å²) in [5.74, 6) is 0. The van der Waals surface area contributed by atoms with E-state index in [1.807, 2.05) is 6.92 Å². The van der Waals surface area contributed by atoms with E-state index in [0.717, 1.165) is 5.71 Å². The van der Waals surface area contributed by atoms with Gasteiger partial charge in [-0.25, -0.2) is 5.53 Å². The Morgan fingerprint density at radius 3 is 2.88 bits per heavy atom. The van der Waals surface area contributed by atoms with Gasteiger partial charge in [0.2, 0.25) is 0 Å². The fourth-order valence-corrected chi connectivity index (χ4v) is 0.376. The minimum atomic E-state index is 0.892. The van der Waals surface area contributed by atoms with E-state index in [1.165, 1.54) is 5.12 Å². The van der Waals surface area contributed by atoms with Gasteiger partial charge >= 0.3 is 0 Å². The molecule has 0 radical (unpaired) electrons. The summed E-state index contributed by atoms with van der Waals surface area (Å²) in [4.78, 5) is 0. The van der Waals surface area contributed by atoms with Crippen molar-refractivity contribution in [1.82, 2.24) is 10.7 Å². The fraction of sp³-hybridized carbons (Fsp3) is 0.500. The van der Waals surface area contributed by atoms with Crippen molar-refractivity contribution < 1.29 is 0 Å². The van der Waals surface area contributed by atoms with E-state index >= 15 is 0 Å². The number of hydrazone groups is 2. The molecule has 0 unspecified atom stereocenters. The molecular formula is C4H8N4. The molecule has 1 heterocycles. The monoisotopic (exact) mass is 112 g/mol. The molecule has 1 aliphatic rings. The highest BCUT2D eigenvalue weighted by Gasteiger charge is 1.93. The van der Waals surface area contributed by atoms with E-state index < -0.39 is 0 Å². The molecule has 0 bridgehead atoms. The Hall–Kier alpha value is -1.06. The quantitative estimate of drug-likeness (QED) is 0.471. The van der Waals surface area contributed by atoms with Crippen LogP contribution in [0.5, 0.6) is 0 Å². The van der Waals surface area contributed by atoms with E-state index in [0.29, 0.717) is 0 Å². The number of nitrogens with zero attached hydrogens (tertiary/aromatic N) is 3. The molecule has 44 valence electrons. The normalized spacial score (nSPS) is 17.8. The van der Waals surface area contributed by atoms with Gasteiger partial charge in [0.25, 0.3) is 0 Å². The third-order valence-corrected chi connectivity index (χ3v) is 0.789. The molecule has 0 fully saturated rings. The fourth-order valence-electron chi connectivity index (χ4n) is 0.376. The molecule has 0 aromatic carbocycles. The lowest BCUT2D eigenvalue weighted by molar-refractivity contribution is 0.252. The van der Waals surface area contributed by atoms with Crippen molar-refractivity contribution in [3.63, 3.8) is 0 Å². The Labute approximate surface area is 47.8 Å². The third kappa shape index (κ3) is 0.959. The van der Waals surface area contributed by atoms with Gasteiger partial charge in [-0.15, -0.1) is 0 Å². The van der Waals surface area contributed by atoms with Crippen molar-refractivity contribution in [2.24, 2.45) is 10.2 Å². The van der Waals surface area contributed by atoms with Crippen LogP contribution in [0.1, 0.15) is 6.92 Å². The topological polar surface area (TPSA) is 40.0 Å². The Balaban J connectivity index is 2.58. The van der Waals surface area contributed by atoms with Gasteiger partial charge in [-0.2, -0.15) is 15.3 Å². The van der Waals surface area contributed by atoms with Gasteiger partial charge in [-0.05, 0) is 6.92 Å². The molecule has 8 heavy (non-hydrogen) atoms. The second kappa shape index (κ2) is 1.81. The first-order valence-corrected chi connectivity index (χ1v) is 2.36. The first-order valence-electron chi connectivity index (χ1n) is 2.36. The molecule has 4 heteroatoms. The molecule has 0 saturated heterocycles. The Bertz CT molecular complexity index is 137. The van der Waals surface area contributed by atoms with Gasteiger partial charge < -0.3 is 0 Å². The molecule has 0 aromatic heterocycles. The summed E-state index contributed by atoms with van der Waals surface area (Å²) in [5, 5.41) is 9.27. The van der Waals surface area contributed by atoms with Gasteiger partial charge in [0.05, 0.1) is 11.9 Å². The van der Waals surface area contributed by atoms with Crippen molar-refractivity contribution >= 4 is 11.9 Å². The number of rotatable bonds is 0. The molecule has 0 amide bonds. The van der Waals surface area contributed by atoms with Crippen LogP contribution in [0.4, 0.5) is 0 Å². The van der Waals surface area contributed by atoms with Crippen molar-refractivity contribution in [2.45, 2.75) is 6.92 Å². The maximum atomic E-state index is 3.88. The highest BCUT2D eigenvalue weighted by Crippen LogP contribution is 1.82. The lowest BCUT2D eigenvalue weighted by atomic mass is 10.5. The molecule has 1 N–H and O–H groups in total. The zero-order valence-corrected chi connectivity index (χ0v) is 4.92. The van der Waals surface area contributed by atoms with Crippen LogP contribution in [-0.2, 0) is 0 Å². The van der Waals surface area contributed by atoms with Crippen molar-refractivity contribution in [1.29, 1.82) is 0 Å². The molecule has 0 aromatic rings. The van der Waals surface area contributed by atoms with Crippen molar-refractivity contribution in [2.75, 3.05) is 7.05 Å². The van der Waals surface area contributed by atoms with Crippen LogP contribution in [-0.4, -0.2) is 24.1 Å². The highest BCUT2D eigenvalue weighted by atomic mass is 15.8. The summed E-state index contributed by atoms with van der Waals surface area (Å²) in [6.45, 7) is 1.88. The maximum absolute atomic E-state index is 3.88. The molecule has 1 aliphatic heterocycles. The zero-order valence-electron chi connectivity index (χ0n) is 4.92. The van der Waals surface area contributed by atoms with Crippen LogP contribution in [0.15, 0.2) is 10.2 Å². The van der Waals surface area contributed by atoms with Crippen LogP contribution in [0.3, 0.4) is 0 Å². The molecule has 0 atom stereocenters. The molecular weight excluding hydrogens is 104 g/mol. The van der Waals surface area contributed by atoms with Gasteiger partial charge in [-0.3, -0.25) is 0 Å². The SMILES string of the molecule is CC1=NNN(C)N=C1. The van der Waals surface area contributed by atoms with Crippen molar-refractivity contribution in [3.05, 3.63) is 0 Å². The maximum Gasteiger partial charge on any atom is 0.0793 e. The lowest BCUT2D eigenvalue weighted by Gasteiger charge is -2.14. The summed E-state index contributed by atoms with van der Waals surface area (Å²) in [7, 11) is 1.78. The van der Waals surface area contributed by atoms with Gasteiger partial charge in [-0.1, -0.05) is 0 Å². The van der Waals surface area contributed by atoms with Crippen LogP contribution in [0.25, 0.3) is 0 Å². The van der Waals surface area contributed by atoms with E-state index in [-0.39, 0.29) is 0 Å². The third-order valence-electron chi connectivity index (χ3n) is 0.789. The van der Waals surface area contributed by atoms with Gasteiger partial charge in [0.15, 0.2) is 0 Å². The first kappa shape index (κ1) is 5.08. The van der Waals surface area contributed by atoms with E-state index in [2.05, 4.69) is 15.7 Å². The molecule has 1 rings (SSSR count). The van der Waals surface area contributed by atoms with Crippen LogP contribution in [0.2, 0.25) is 0 Å². The number of hydrazine groups is 1. The predicted molar refractivity (Wildman–Crippen MR) is 32.5 cm³/mol. The second-order valence-electron chi connectivity index (χ2n) is 1.62. The van der Waals surface area contributed by atoms with E-state index in [4.69, 9.17) is 0 Å². The van der Waals surface area contributed by atoms with Crippen LogP contribution >= 0.6 is 0 Å². The number of nitrogens with one attached hydrogen (secondary N) is 1. The minimum absolute atomic E-state index is 0.892. The molecule has 0 saturated carbocycles. The average Bonchev–Trinajstić information content (AvgIpc) is 1.77. The molecule has 0 spiro atoms. The summed E-state index contributed by atoms with van der Waals surface area (Å²) >= 11 is 0. The second-order valence-corrected chi connectivity index (χ2v) is 1.62. The Morgan fingerprint density at radius 1 is 1.75 bits per heavy atom. The van der Waals surface area contributed by atoms with Gasteiger partial charge in [0, 0.05) is 7.05 Å². The van der Waals surface area contributed by atoms with Crippen LogP contribution in [0, 0.1) is 0 Å². The smallest absolute Gasteiger partial charge is 0.0793 e. The minimum Gasteiger partial charge on any atom is -0.202 e. The zero-order chi connectivity index (χ0) is 5.98. The largest absolute Gasteiger partial charge is 0.202 e. The lowest BCUT2D eigenvalue weighted by Crippen LogP contribution is -2.29. The van der Waals surface area contributed by atoms with E-state index in [1.54, 1.807) is 13.3 Å². The average molecular weight is 112 g/mol. The highest BCUT2D eigenvalue weighted by molar-refractivity contribution is 6.29. The number of hydrogen-bond acceptors (Lipinski definition) is 4. The van der Waals surface area contributed by atoms with Gasteiger partial charge in [0.1, 0.15) is 0 Å². The molecule has 4 nitrogen and oxygen atoms in total. The van der Waals surface area contributed by atoms with E-state index in [9.17, 15) is 0 Å². The first-order chi connectivity index (χ1) is 3.79. The van der Waals surface area contributed by atoms with Crippen molar-refractivity contribution in [3.8, 4) is 0 Å². The summed E-state index contributed by atoms with van der Waals surface area (Å²) in [6.07, 6.45) is 1.69. The molecule has 0 aliphatic carbocycles. The standard InChI is InChI=1S/C4H8N4/c1-4-3-5-8(2)7-6-4/h3,7H,1-2H3. The predicted octanol–water partition coefficient (Wildman–Crippen LogP) is -0.202. The number of hydrogen-bond donors (Lipinski definition) is 1. The summed E-state index contributed by atoms with van der Waals surface area (Å²) < 4.78 is 0.